The second kappa shape index (κ2) is 6.39. The molecule has 0 aliphatic rings. The number of amides is 1. The molecule has 0 radical (unpaired) electrons. The topological polar surface area (TPSA) is 64.0 Å². The van der Waals surface area contributed by atoms with E-state index in [1.165, 1.54) is 6.20 Å². The number of thiophene rings is 1. The molecule has 1 N–H and O–H groups in total. The summed E-state index contributed by atoms with van der Waals surface area (Å²) in [4.78, 5) is 24.7. The first kappa shape index (κ1) is 15.0. The summed E-state index contributed by atoms with van der Waals surface area (Å²) >= 11 is 12.9. The lowest BCUT2D eigenvalue weighted by Gasteiger charge is -2.12. The van der Waals surface area contributed by atoms with Crippen LogP contribution in [0, 0.1) is 0 Å². The Kier molecular flexibility index (Phi) is 4.80. The minimum Gasteiger partial charge on any atom is -0.347 e. The number of hydrogen-bond donors (Lipinski definition) is 1. The molecule has 0 saturated carbocycles. The fraction of sp³-hybridized carbons (Fsp3) is 0.250. The van der Waals surface area contributed by atoms with Crippen molar-refractivity contribution in [2.45, 2.75) is 19.5 Å². The molecule has 2 rings (SSSR count). The molecule has 20 heavy (non-hydrogen) atoms. The number of carbonyl (C=O) groups is 1. The first-order valence-corrected chi connectivity index (χ1v) is 7.36. The highest BCUT2D eigenvalue weighted by Crippen LogP contribution is 2.18. The molecule has 0 unspecified atom stereocenters. The number of rotatable bonds is 4. The number of hydrogen-bond acceptors (Lipinski definition) is 4. The zero-order chi connectivity index (χ0) is 14.7. The average Bonchev–Trinajstić information content (AvgIpc) is 2.93. The number of halogens is 2. The Morgan fingerprint density at radius 3 is 2.95 bits per heavy atom. The van der Waals surface area contributed by atoms with Gasteiger partial charge in [-0.3, -0.25) is 9.59 Å². The molecule has 0 aromatic carbocycles. The van der Waals surface area contributed by atoms with Gasteiger partial charge < -0.3 is 5.32 Å². The van der Waals surface area contributed by atoms with Crippen molar-refractivity contribution < 1.29 is 4.79 Å². The lowest BCUT2D eigenvalue weighted by Crippen LogP contribution is -2.34. The van der Waals surface area contributed by atoms with Gasteiger partial charge in [-0.1, -0.05) is 29.3 Å². The SMILES string of the molecule is C[C@@H](NC(=O)Cn1ncc(Cl)c(Cl)c1=O)c1cccs1. The molecule has 0 aliphatic heterocycles. The number of carbonyl (C=O) groups excluding carboxylic acids is 1. The van der Waals surface area contributed by atoms with Gasteiger partial charge in [0.05, 0.1) is 17.3 Å². The van der Waals surface area contributed by atoms with Gasteiger partial charge in [-0.05, 0) is 18.4 Å². The summed E-state index contributed by atoms with van der Waals surface area (Å²) in [5.41, 5.74) is -0.585. The monoisotopic (exact) mass is 331 g/mol. The molecule has 1 amide bonds. The van der Waals surface area contributed by atoms with Crippen LogP contribution < -0.4 is 10.9 Å². The third kappa shape index (κ3) is 3.39. The highest BCUT2D eigenvalue weighted by Gasteiger charge is 2.13. The van der Waals surface area contributed by atoms with Crippen LogP contribution in [-0.2, 0) is 11.3 Å². The molecule has 1 atom stereocenters. The van der Waals surface area contributed by atoms with E-state index in [1.54, 1.807) is 11.3 Å². The van der Waals surface area contributed by atoms with E-state index in [1.807, 2.05) is 24.4 Å². The van der Waals surface area contributed by atoms with E-state index in [0.717, 1.165) is 9.56 Å². The Labute approximate surface area is 129 Å². The van der Waals surface area contributed by atoms with Gasteiger partial charge in [-0.15, -0.1) is 11.3 Å². The first-order chi connectivity index (χ1) is 9.49. The van der Waals surface area contributed by atoms with E-state index in [4.69, 9.17) is 23.2 Å². The molecule has 0 fully saturated rings. The lowest BCUT2D eigenvalue weighted by atomic mass is 10.3. The maximum absolute atomic E-state index is 11.9. The minimum absolute atomic E-state index is 0.0697. The second-order valence-electron chi connectivity index (χ2n) is 4.07. The van der Waals surface area contributed by atoms with Gasteiger partial charge in [0.2, 0.25) is 5.91 Å². The average molecular weight is 332 g/mol. The predicted molar refractivity (Wildman–Crippen MR) is 79.4 cm³/mol. The van der Waals surface area contributed by atoms with Gasteiger partial charge in [0, 0.05) is 4.88 Å². The van der Waals surface area contributed by atoms with Gasteiger partial charge in [-0.2, -0.15) is 5.10 Å². The van der Waals surface area contributed by atoms with Crippen LogP contribution in [0.2, 0.25) is 10.0 Å². The molecular weight excluding hydrogens is 321 g/mol. The lowest BCUT2D eigenvalue weighted by molar-refractivity contribution is -0.122. The second-order valence-corrected chi connectivity index (χ2v) is 5.84. The van der Waals surface area contributed by atoms with E-state index >= 15 is 0 Å². The van der Waals surface area contributed by atoms with Crippen molar-refractivity contribution in [1.82, 2.24) is 15.1 Å². The van der Waals surface area contributed by atoms with Gasteiger partial charge >= 0.3 is 0 Å². The fourth-order valence-corrected chi connectivity index (χ4v) is 2.59. The molecule has 2 aromatic rings. The van der Waals surface area contributed by atoms with Crippen molar-refractivity contribution in [3.63, 3.8) is 0 Å². The van der Waals surface area contributed by atoms with Crippen LogP contribution in [0.3, 0.4) is 0 Å². The predicted octanol–water partition coefficient (Wildman–Crippen LogP) is 2.49. The van der Waals surface area contributed by atoms with E-state index in [0.29, 0.717) is 0 Å². The highest BCUT2D eigenvalue weighted by atomic mass is 35.5. The molecule has 106 valence electrons. The van der Waals surface area contributed by atoms with Crippen LogP contribution in [0.4, 0.5) is 0 Å². The van der Waals surface area contributed by atoms with Crippen molar-refractivity contribution >= 4 is 40.4 Å². The van der Waals surface area contributed by atoms with E-state index < -0.39 is 5.56 Å². The van der Waals surface area contributed by atoms with Gasteiger partial charge in [-0.25, -0.2) is 4.68 Å². The zero-order valence-corrected chi connectivity index (χ0v) is 12.8. The summed E-state index contributed by atoms with van der Waals surface area (Å²) < 4.78 is 0.977. The summed E-state index contributed by atoms with van der Waals surface area (Å²) in [6.07, 6.45) is 1.24. The third-order valence-corrected chi connectivity index (χ3v) is 4.39. The van der Waals surface area contributed by atoms with Crippen LogP contribution in [0.1, 0.15) is 17.8 Å². The summed E-state index contributed by atoms with van der Waals surface area (Å²) in [6.45, 7) is 1.67. The largest absolute Gasteiger partial charge is 0.347 e. The summed E-state index contributed by atoms with van der Waals surface area (Å²) in [7, 11) is 0. The minimum atomic E-state index is -0.585. The number of nitrogens with one attached hydrogen (secondary N) is 1. The number of nitrogens with zero attached hydrogens (tertiary/aromatic N) is 2. The van der Waals surface area contributed by atoms with Crippen LogP contribution >= 0.6 is 34.5 Å². The smallest absolute Gasteiger partial charge is 0.287 e. The molecular formula is C12H11Cl2N3O2S. The first-order valence-electron chi connectivity index (χ1n) is 5.73. The molecule has 0 saturated heterocycles. The summed E-state index contributed by atoms with van der Waals surface area (Å²) in [5.74, 6) is -0.320. The Morgan fingerprint density at radius 1 is 1.55 bits per heavy atom. The van der Waals surface area contributed by atoms with Crippen LogP contribution in [0.5, 0.6) is 0 Å². The Bertz CT molecular complexity index is 670. The van der Waals surface area contributed by atoms with Crippen LogP contribution in [0.25, 0.3) is 0 Å². The Hall–Kier alpha value is -1.37. The zero-order valence-electron chi connectivity index (χ0n) is 10.5. The van der Waals surface area contributed by atoms with Crippen LogP contribution in [-0.4, -0.2) is 15.7 Å². The van der Waals surface area contributed by atoms with Crippen molar-refractivity contribution in [2.24, 2.45) is 0 Å². The molecule has 2 heterocycles. The molecule has 8 heteroatoms. The van der Waals surface area contributed by atoms with Gasteiger partial charge in [0.1, 0.15) is 11.6 Å². The third-order valence-electron chi connectivity index (χ3n) is 2.58. The maximum Gasteiger partial charge on any atom is 0.287 e. The standard InChI is InChI=1S/C12H11Cl2N3O2S/c1-7(9-3-2-4-20-9)16-10(18)6-17-12(19)11(14)8(13)5-15-17/h2-5,7H,6H2,1H3,(H,16,18)/t7-/m1/s1. The van der Waals surface area contributed by atoms with Gasteiger partial charge in [0.25, 0.3) is 5.56 Å². The molecule has 2 aromatic heterocycles. The molecule has 0 bridgehead atoms. The van der Waals surface area contributed by atoms with Crippen LogP contribution in [0.15, 0.2) is 28.5 Å². The van der Waals surface area contributed by atoms with Crippen molar-refractivity contribution in [1.29, 1.82) is 0 Å². The summed E-state index contributed by atoms with van der Waals surface area (Å²) in [6, 6.07) is 3.72. The van der Waals surface area contributed by atoms with Gasteiger partial charge in [0.15, 0.2) is 0 Å². The van der Waals surface area contributed by atoms with Crippen molar-refractivity contribution in [3.8, 4) is 0 Å². The van der Waals surface area contributed by atoms with E-state index in [-0.39, 0.29) is 28.5 Å². The maximum atomic E-state index is 11.9. The molecule has 5 nitrogen and oxygen atoms in total. The Balaban J connectivity index is 2.06. The molecule has 0 spiro atoms. The highest BCUT2D eigenvalue weighted by molar-refractivity contribution is 7.10. The van der Waals surface area contributed by atoms with Crippen molar-refractivity contribution in [2.75, 3.05) is 0 Å². The number of aromatic nitrogens is 2. The van der Waals surface area contributed by atoms with E-state index in [9.17, 15) is 9.59 Å². The van der Waals surface area contributed by atoms with E-state index in [2.05, 4.69) is 10.4 Å². The Morgan fingerprint density at radius 2 is 2.30 bits per heavy atom. The quantitative estimate of drug-likeness (QED) is 0.936. The fourth-order valence-electron chi connectivity index (χ4n) is 1.59. The van der Waals surface area contributed by atoms with Crippen molar-refractivity contribution in [3.05, 3.63) is 49.0 Å². The normalized spacial score (nSPS) is 12.2. The summed E-state index contributed by atoms with van der Waals surface area (Å²) in [5, 5.41) is 8.43. The molecule has 0 aliphatic carbocycles.